The molecule has 5 rings (SSSR count). The van der Waals surface area contributed by atoms with Crippen LogP contribution < -0.4 is 16.4 Å². The number of nitrogens with zero attached hydrogens (tertiary/aromatic N) is 1. The zero-order valence-electron chi connectivity index (χ0n) is 18.1. The van der Waals surface area contributed by atoms with Crippen LogP contribution in [0.1, 0.15) is 38.7 Å². The second-order valence-electron chi connectivity index (χ2n) is 9.87. The van der Waals surface area contributed by atoms with Crippen LogP contribution in [-0.2, 0) is 11.2 Å². The Morgan fingerprint density at radius 1 is 1.31 bits per heavy atom. The molecule has 1 aromatic carbocycles. The van der Waals surface area contributed by atoms with Crippen LogP contribution >= 0.6 is 0 Å². The molecule has 0 radical (unpaired) electrons. The first-order valence-electron chi connectivity index (χ1n) is 11.6. The molecule has 3 saturated heterocycles. The van der Waals surface area contributed by atoms with Crippen molar-refractivity contribution >= 4 is 5.91 Å². The monoisotopic (exact) mass is 398 g/mol. The Morgan fingerprint density at radius 3 is 2.83 bits per heavy atom. The largest absolute Gasteiger partial charge is 0.354 e. The van der Waals surface area contributed by atoms with Gasteiger partial charge in [-0.05, 0) is 55.5 Å². The van der Waals surface area contributed by atoms with E-state index in [-0.39, 0.29) is 5.91 Å². The maximum atomic E-state index is 13.6. The average molecular weight is 399 g/mol. The SMILES string of the molecule is CC(C)CN1CC2CC3(C(=O)NCCCCN)NCC2[C@H]1[C@H]3Cc1ccccc1. The second-order valence-corrected chi connectivity index (χ2v) is 9.87. The lowest BCUT2D eigenvalue weighted by Gasteiger charge is -2.56. The molecule has 1 saturated carbocycles. The number of carbonyl (C=O) groups excluding carboxylic acids is 1. The van der Waals surface area contributed by atoms with Crippen molar-refractivity contribution in [2.75, 3.05) is 32.7 Å². The molecule has 1 amide bonds. The van der Waals surface area contributed by atoms with Crippen LogP contribution in [0.2, 0.25) is 0 Å². The summed E-state index contributed by atoms with van der Waals surface area (Å²) in [5, 5.41) is 7.02. The fraction of sp³-hybridized carbons (Fsp3) is 0.708. The summed E-state index contributed by atoms with van der Waals surface area (Å²) in [7, 11) is 0. The number of amides is 1. The van der Waals surface area contributed by atoms with E-state index >= 15 is 0 Å². The summed E-state index contributed by atoms with van der Waals surface area (Å²) in [6.07, 6.45) is 3.86. The molecule has 1 aliphatic carbocycles. The van der Waals surface area contributed by atoms with Gasteiger partial charge < -0.3 is 16.4 Å². The Bertz CT molecular complexity index is 693. The molecule has 160 valence electrons. The van der Waals surface area contributed by atoms with Crippen molar-refractivity contribution in [1.29, 1.82) is 0 Å². The molecule has 4 fully saturated rings. The summed E-state index contributed by atoms with van der Waals surface area (Å²) in [5.74, 6) is 2.50. The minimum absolute atomic E-state index is 0.218. The van der Waals surface area contributed by atoms with Gasteiger partial charge in [0.25, 0.3) is 0 Å². The minimum Gasteiger partial charge on any atom is -0.354 e. The smallest absolute Gasteiger partial charge is 0.240 e. The topological polar surface area (TPSA) is 70.4 Å². The van der Waals surface area contributed by atoms with Gasteiger partial charge in [0.05, 0.1) is 0 Å². The van der Waals surface area contributed by atoms with Crippen molar-refractivity contribution in [2.24, 2.45) is 29.4 Å². The van der Waals surface area contributed by atoms with Crippen LogP contribution in [0.4, 0.5) is 0 Å². The summed E-state index contributed by atoms with van der Waals surface area (Å²) in [5.41, 5.74) is 6.53. The van der Waals surface area contributed by atoms with Gasteiger partial charge in [0.2, 0.25) is 5.91 Å². The fourth-order valence-electron chi connectivity index (χ4n) is 6.32. The van der Waals surface area contributed by atoms with Crippen molar-refractivity contribution in [2.45, 2.75) is 51.1 Å². The fourth-order valence-corrected chi connectivity index (χ4v) is 6.32. The van der Waals surface area contributed by atoms with Gasteiger partial charge in [0.15, 0.2) is 0 Å². The predicted octanol–water partition coefficient (Wildman–Crippen LogP) is 2.02. The summed E-state index contributed by atoms with van der Waals surface area (Å²) in [6.45, 7) is 9.30. The van der Waals surface area contributed by atoms with Crippen LogP contribution in [0.3, 0.4) is 0 Å². The summed E-state index contributed by atoms with van der Waals surface area (Å²) >= 11 is 0. The lowest BCUT2D eigenvalue weighted by molar-refractivity contribution is -0.138. The highest BCUT2D eigenvalue weighted by atomic mass is 16.2. The average Bonchev–Trinajstić information content (AvgIpc) is 3.01. The lowest BCUT2D eigenvalue weighted by Crippen LogP contribution is -2.74. The first kappa shape index (κ1) is 20.8. The molecule has 5 heteroatoms. The Hall–Kier alpha value is -1.43. The molecule has 4 bridgehead atoms. The van der Waals surface area contributed by atoms with E-state index in [2.05, 4.69) is 59.7 Å². The van der Waals surface area contributed by atoms with E-state index in [0.29, 0.717) is 36.3 Å². The zero-order valence-corrected chi connectivity index (χ0v) is 18.1. The van der Waals surface area contributed by atoms with Gasteiger partial charge in [-0.15, -0.1) is 0 Å². The van der Waals surface area contributed by atoms with Crippen molar-refractivity contribution in [1.82, 2.24) is 15.5 Å². The lowest BCUT2D eigenvalue weighted by atomic mass is 9.58. The minimum atomic E-state index is -0.436. The number of carbonyl (C=O) groups is 1. The van der Waals surface area contributed by atoms with Crippen LogP contribution in [0.15, 0.2) is 30.3 Å². The highest BCUT2D eigenvalue weighted by Crippen LogP contribution is 2.52. The van der Waals surface area contributed by atoms with E-state index in [1.165, 1.54) is 5.56 Å². The molecular formula is C24H38N4O. The predicted molar refractivity (Wildman–Crippen MR) is 117 cm³/mol. The number of fused-ring (bicyclic) bond motifs is 1. The number of rotatable bonds is 9. The van der Waals surface area contributed by atoms with Crippen LogP contribution in [0, 0.1) is 23.7 Å². The van der Waals surface area contributed by atoms with Crippen LogP contribution in [-0.4, -0.2) is 55.1 Å². The zero-order chi connectivity index (χ0) is 20.4. The van der Waals surface area contributed by atoms with E-state index in [4.69, 9.17) is 5.73 Å². The van der Waals surface area contributed by atoms with Gasteiger partial charge >= 0.3 is 0 Å². The molecule has 3 unspecified atom stereocenters. The van der Waals surface area contributed by atoms with Gasteiger partial charge in [-0.1, -0.05) is 44.2 Å². The van der Waals surface area contributed by atoms with Crippen molar-refractivity contribution in [3.05, 3.63) is 35.9 Å². The van der Waals surface area contributed by atoms with Crippen molar-refractivity contribution < 1.29 is 4.79 Å². The molecule has 1 aromatic rings. The third kappa shape index (κ3) is 3.97. The maximum absolute atomic E-state index is 13.6. The first-order chi connectivity index (χ1) is 14.0. The number of nitrogens with two attached hydrogens (primary N) is 1. The molecule has 29 heavy (non-hydrogen) atoms. The van der Waals surface area contributed by atoms with Gasteiger partial charge in [-0.2, -0.15) is 0 Å². The van der Waals surface area contributed by atoms with E-state index < -0.39 is 5.54 Å². The molecule has 4 aliphatic rings. The molecule has 5 atom stereocenters. The molecule has 3 heterocycles. The Labute approximate surface area is 175 Å². The Balaban J connectivity index is 1.60. The quantitative estimate of drug-likeness (QED) is 0.557. The number of hydrogen-bond donors (Lipinski definition) is 3. The standard InChI is InChI=1S/C24H38N4O/c1-17(2)15-28-16-19-13-24(23(29)26-11-7-6-10-25)21(22(28)20(19)14-27-24)12-18-8-4-3-5-9-18/h3-5,8-9,17,19-22,27H,6-7,10-16,25H2,1-2H3,(H,26,29)/t19?,20?,21-,22+,24?/m1/s1. The summed E-state index contributed by atoms with van der Waals surface area (Å²) < 4.78 is 0. The first-order valence-corrected chi connectivity index (χ1v) is 11.6. The highest BCUT2D eigenvalue weighted by Gasteiger charge is 2.64. The van der Waals surface area contributed by atoms with E-state index in [0.717, 1.165) is 51.9 Å². The third-order valence-corrected chi connectivity index (χ3v) is 7.44. The third-order valence-electron chi connectivity index (χ3n) is 7.44. The number of likely N-dealkylation sites (tertiary alicyclic amines) is 1. The van der Waals surface area contributed by atoms with Crippen LogP contribution in [0.5, 0.6) is 0 Å². The second kappa shape index (κ2) is 8.75. The Kier molecular flexibility index (Phi) is 6.28. The van der Waals surface area contributed by atoms with Gasteiger partial charge in [-0.25, -0.2) is 0 Å². The number of unbranched alkanes of at least 4 members (excludes halogenated alkanes) is 1. The van der Waals surface area contributed by atoms with Crippen molar-refractivity contribution in [3.8, 4) is 0 Å². The molecule has 0 aromatic heterocycles. The van der Waals surface area contributed by atoms with Crippen LogP contribution in [0.25, 0.3) is 0 Å². The highest BCUT2D eigenvalue weighted by molar-refractivity contribution is 5.87. The van der Waals surface area contributed by atoms with E-state index in [1.54, 1.807) is 0 Å². The molecule has 5 nitrogen and oxygen atoms in total. The normalized spacial score (nSPS) is 33.4. The number of hydrogen-bond acceptors (Lipinski definition) is 4. The molecule has 4 N–H and O–H groups in total. The Morgan fingerprint density at radius 2 is 2.10 bits per heavy atom. The summed E-state index contributed by atoms with van der Waals surface area (Å²) in [4.78, 5) is 16.3. The van der Waals surface area contributed by atoms with Gasteiger partial charge in [0.1, 0.15) is 5.54 Å². The van der Waals surface area contributed by atoms with Gasteiger partial charge in [0, 0.05) is 38.1 Å². The molecular weight excluding hydrogens is 360 g/mol. The number of piperidine rings is 2. The number of nitrogens with one attached hydrogen (secondary N) is 2. The van der Waals surface area contributed by atoms with E-state index in [1.807, 2.05) is 0 Å². The maximum Gasteiger partial charge on any atom is 0.240 e. The number of benzene rings is 1. The molecule has 3 aliphatic heterocycles. The molecule has 0 spiro atoms. The van der Waals surface area contributed by atoms with Crippen molar-refractivity contribution in [3.63, 3.8) is 0 Å². The van der Waals surface area contributed by atoms with Gasteiger partial charge in [-0.3, -0.25) is 9.69 Å². The summed E-state index contributed by atoms with van der Waals surface area (Å²) in [6, 6.07) is 11.3. The van der Waals surface area contributed by atoms with E-state index in [9.17, 15) is 4.79 Å².